The van der Waals surface area contributed by atoms with E-state index < -0.39 is 0 Å². The van der Waals surface area contributed by atoms with Gasteiger partial charge >= 0.3 is 0 Å². The van der Waals surface area contributed by atoms with Crippen molar-refractivity contribution in [3.8, 4) is 0 Å². The Balaban J connectivity index is 2.13. The standard InChI is InChI=1S/C8H14N2O3/c1-11-8(12-2)6-9-5-7-3-4-13-10-7/h3-4,8-9H,5-6H2,1-2H3. The third-order valence-corrected chi connectivity index (χ3v) is 1.63. The lowest BCUT2D eigenvalue weighted by molar-refractivity contribution is -0.0989. The Morgan fingerprint density at radius 1 is 1.54 bits per heavy atom. The van der Waals surface area contributed by atoms with Gasteiger partial charge in [-0.2, -0.15) is 0 Å². The van der Waals surface area contributed by atoms with E-state index in [0.29, 0.717) is 13.1 Å². The molecule has 0 unspecified atom stereocenters. The van der Waals surface area contributed by atoms with E-state index in [2.05, 4.69) is 15.0 Å². The summed E-state index contributed by atoms with van der Waals surface area (Å²) in [5.74, 6) is 0. The van der Waals surface area contributed by atoms with Gasteiger partial charge in [0.2, 0.25) is 0 Å². The van der Waals surface area contributed by atoms with Crippen LogP contribution < -0.4 is 5.32 Å². The third kappa shape index (κ3) is 3.54. The fraction of sp³-hybridized carbons (Fsp3) is 0.625. The van der Waals surface area contributed by atoms with E-state index in [0.717, 1.165) is 5.69 Å². The van der Waals surface area contributed by atoms with Gasteiger partial charge in [0.25, 0.3) is 0 Å². The molecule has 74 valence electrons. The van der Waals surface area contributed by atoms with Crippen molar-refractivity contribution in [3.05, 3.63) is 18.0 Å². The molecule has 5 nitrogen and oxygen atoms in total. The zero-order valence-corrected chi connectivity index (χ0v) is 7.82. The van der Waals surface area contributed by atoms with Crippen LogP contribution in [0, 0.1) is 0 Å². The predicted molar refractivity (Wildman–Crippen MR) is 46.0 cm³/mol. The molecule has 0 saturated heterocycles. The fourth-order valence-electron chi connectivity index (χ4n) is 0.910. The molecule has 5 heteroatoms. The second kappa shape index (κ2) is 5.69. The first-order chi connectivity index (χ1) is 6.36. The molecule has 1 heterocycles. The summed E-state index contributed by atoms with van der Waals surface area (Å²) in [5, 5.41) is 6.86. The van der Waals surface area contributed by atoms with Gasteiger partial charge in [-0.1, -0.05) is 5.16 Å². The van der Waals surface area contributed by atoms with Crippen molar-refractivity contribution in [2.45, 2.75) is 12.8 Å². The minimum absolute atomic E-state index is 0.216. The van der Waals surface area contributed by atoms with E-state index in [9.17, 15) is 0 Å². The number of nitrogens with zero attached hydrogens (tertiary/aromatic N) is 1. The largest absolute Gasteiger partial charge is 0.364 e. The van der Waals surface area contributed by atoms with Crippen LogP contribution in [-0.4, -0.2) is 32.2 Å². The minimum Gasteiger partial charge on any atom is -0.364 e. The maximum Gasteiger partial charge on any atom is 0.169 e. The number of rotatable bonds is 6. The molecule has 0 aromatic carbocycles. The van der Waals surface area contributed by atoms with Crippen LogP contribution >= 0.6 is 0 Å². The van der Waals surface area contributed by atoms with Gasteiger partial charge in [-0.15, -0.1) is 0 Å². The lowest BCUT2D eigenvalue weighted by Crippen LogP contribution is -2.29. The molecule has 0 atom stereocenters. The number of methoxy groups -OCH3 is 2. The van der Waals surface area contributed by atoms with Crippen LogP contribution in [0.2, 0.25) is 0 Å². The monoisotopic (exact) mass is 186 g/mol. The highest BCUT2D eigenvalue weighted by Gasteiger charge is 2.03. The Hall–Kier alpha value is -0.910. The molecule has 1 aromatic rings. The van der Waals surface area contributed by atoms with Gasteiger partial charge < -0.3 is 19.3 Å². The Kier molecular flexibility index (Phi) is 4.45. The van der Waals surface area contributed by atoms with Gasteiger partial charge in [0.15, 0.2) is 6.29 Å². The Morgan fingerprint density at radius 3 is 2.85 bits per heavy atom. The maximum absolute atomic E-state index is 4.99. The maximum atomic E-state index is 4.99. The SMILES string of the molecule is COC(CNCc1ccon1)OC. The van der Waals surface area contributed by atoms with Gasteiger partial charge in [-0.3, -0.25) is 0 Å². The van der Waals surface area contributed by atoms with Gasteiger partial charge in [0, 0.05) is 33.4 Å². The quantitative estimate of drug-likeness (QED) is 0.651. The van der Waals surface area contributed by atoms with Crippen molar-refractivity contribution >= 4 is 0 Å². The summed E-state index contributed by atoms with van der Waals surface area (Å²) >= 11 is 0. The first kappa shape index (κ1) is 10.2. The van der Waals surface area contributed by atoms with Gasteiger partial charge in [0.05, 0.1) is 5.69 Å². The highest BCUT2D eigenvalue weighted by Crippen LogP contribution is 1.94. The summed E-state index contributed by atoms with van der Waals surface area (Å²) in [6, 6.07) is 1.81. The highest BCUT2D eigenvalue weighted by atomic mass is 16.7. The van der Waals surface area contributed by atoms with Crippen molar-refractivity contribution in [3.63, 3.8) is 0 Å². The minimum atomic E-state index is -0.216. The molecule has 1 N–H and O–H groups in total. The molecular formula is C8H14N2O3. The van der Waals surface area contributed by atoms with Crippen LogP contribution in [0.15, 0.2) is 16.9 Å². The van der Waals surface area contributed by atoms with Crippen LogP contribution in [0.4, 0.5) is 0 Å². The summed E-state index contributed by atoms with van der Waals surface area (Å²) in [6.07, 6.45) is 1.33. The average Bonchev–Trinajstić information content (AvgIpc) is 2.65. The number of nitrogens with one attached hydrogen (secondary N) is 1. The topological polar surface area (TPSA) is 56.5 Å². The summed E-state index contributed by atoms with van der Waals surface area (Å²) in [4.78, 5) is 0. The number of aromatic nitrogens is 1. The molecule has 1 rings (SSSR count). The van der Waals surface area contributed by atoms with Crippen molar-refractivity contribution in [2.75, 3.05) is 20.8 Å². The molecule has 0 radical (unpaired) electrons. The normalized spacial score (nSPS) is 11.0. The molecule has 0 aliphatic heterocycles. The Morgan fingerprint density at radius 2 is 2.31 bits per heavy atom. The summed E-state index contributed by atoms with van der Waals surface area (Å²) in [6.45, 7) is 1.28. The molecular weight excluding hydrogens is 172 g/mol. The fourth-order valence-corrected chi connectivity index (χ4v) is 0.910. The van der Waals surface area contributed by atoms with Crippen LogP contribution in [0.5, 0.6) is 0 Å². The van der Waals surface area contributed by atoms with Crippen molar-refractivity contribution in [2.24, 2.45) is 0 Å². The van der Waals surface area contributed by atoms with Crippen LogP contribution in [0.1, 0.15) is 5.69 Å². The van der Waals surface area contributed by atoms with E-state index in [1.807, 2.05) is 6.07 Å². The second-order valence-electron chi connectivity index (χ2n) is 2.52. The highest BCUT2D eigenvalue weighted by molar-refractivity contribution is 4.94. The van der Waals surface area contributed by atoms with Crippen LogP contribution in [-0.2, 0) is 16.0 Å². The Bertz CT molecular complexity index is 209. The molecule has 0 amide bonds. The number of hydrogen-bond donors (Lipinski definition) is 1. The molecule has 0 spiro atoms. The predicted octanol–water partition coefficient (Wildman–Crippen LogP) is 0.383. The molecule has 0 saturated carbocycles. The zero-order chi connectivity index (χ0) is 9.52. The molecule has 0 aliphatic rings. The molecule has 0 aliphatic carbocycles. The first-order valence-corrected chi connectivity index (χ1v) is 4.02. The van der Waals surface area contributed by atoms with Gasteiger partial charge in [0.1, 0.15) is 6.26 Å². The molecule has 0 fully saturated rings. The third-order valence-electron chi connectivity index (χ3n) is 1.63. The Labute approximate surface area is 77.0 Å². The number of ether oxygens (including phenoxy) is 2. The van der Waals surface area contributed by atoms with Crippen molar-refractivity contribution < 1.29 is 14.0 Å². The second-order valence-corrected chi connectivity index (χ2v) is 2.52. The van der Waals surface area contributed by atoms with Crippen LogP contribution in [0.25, 0.3) is 0 Å². The summed E-state index contributed by atoms with van der Waals surface area (Å²) in [5.41, 5.74) is 0.867. The van der Waals surface area contributed by atoms with E-state index in [1.54, 1.807) is 20.5 Å². The lowest BCUT2D eigenvalue weighted by Gasteiger charge is -2.12. The van der Waals surface area contributed by atoms with E-state index in [1.165, 1.54) is 0 Å². The lowest BCUT2D eigenvalue weighted by atomic mass is 10.4. The van der Waals surface area contributed by atoms with Crippen LogP contribution in [0.3, 0.4) is 0 Å². The van der Waals surface area contributed by atoms with Crippen molar-refractivity contribution in [1.82, 2.24) is 10.5 Å². The first-order valence-electron chi connectivity index (χ1n) is 4.02. The molecule has 0 bridgehead atoms. The summed E-state index contributed by atoms with van der Waals surface area (Å²) in [7, 11) is 3.21. The molecule has 13 heavy (non-hydrogen) atoms. The van der Waals surface area contributed by atoms with E-state index in [4.69, 9.17) is 9.47 Å². The van der Waals surface area contributed by atoms with Gasteiger partial charge in [-0.05, 0) is 0 Å². The molecule has 1 aromatic heterocycles. The smallest absolute Gasteiger partial charge is 0.169 e. The average molecular weight is 186 g/mol. The number of hydrogen-bond acceptors (Lipinski definition) is 5. The summed E-state index contributed by atoms with van der Waals surface area (Å²) < 4.78 is 14.7. The van der Waals surface area contributed by atoms with E-state index >= 15 is 0 Å². The van der Waals surface area contributed by atoms with Gasteiger partial charge in [-0.25, -0.2) is 0 Å². The van der Waals surface area contributed by atoms with E-state index in [-0.39, 0.29) is 6.29 Å². The van der Waals surface area contributed by atoms with Crippen molar-refractivity contribution in [1.29, 1.82) is 0 Å². The zero-order valence-electron chi connectivity index (χ0n) is 7.82.